The normalized spacial score (nSPS) is 14.8. The van der Waals surface area contributed by atoms with Crippen molar-refractivity contribution in [1.29, 1.82) is 0 Å². The van der Waals surface area contributed by atoms with Crippen LogP contribution >= 0.6 is 0 Å². The summed E-state index contributed by atoms with van der Waals surface area (Å²) in [5.74, 6) is -0.942. The Morgan fingerprint density at radius 1 is 1.41 bits per heavy atom. The number of fused-ring (bicyclic) bond motifs is 2. The number of rotatable bonds is 5. The smallest absolute Gasteiger partial charge is 0.335 e. The van der Waals surface area contributed by atoms with Crippen molar-refractivity contribution in [1.82, 2.24) is 4.98 Å². The summed E-state index contributed by atoms with van der Waals surface area (Å²) in [6, 6.07) is 4.99. The van der Waals surface area contributed by atoms with E-state index in [1.165, 1.54) is 5.56 Å². The number of aromatic nitrogens is 1. The zero-order valence-electron chi connectivity index (χ0n) is 12.6. The van der Waals surface area contributed by atoms with Gasteiger partial charge in [0.25, 0.3) is 0 Å². The number of aryl methyl sites for hydroxylation is 1. The van der Waals surface area contributed by atoms with Crippen LogP contribution in [0.15, 0.2) is 18.2 Å². The molecule has 0 saturated heterocycles. The minimum atomic E-state index is -0.942. The van der Waals surface area contributed by atoms with E-state index in [9.17, 15) is 15.0 Å². The van der Waals surface area contributed by atoms with Gasteiger partial charge in [-0.3, -0.25) is 4.98 Å². The molecule has 5 nitrogen and oxygen atoms in total. The van der Waals surface area contributed by atoms with Crippen LogP contribution in [0.1, 0.15) is 41.4 Å². The van der Waals surface area contributed by atoms with Crippen LogP contribution in [0.25, 0.3) is 10.9 Å². The molecular formula is C17H20N2O3. The van der Waals surface area contributed by atoms with Gasteiger partial charge in [-0.05, 0) is 49.4 Å². The summed E-state index contributed by atoms with van der Waals surface area (Å²) >= 11 is 0. The highest BCUT2D eigenvalue weighted by atomic mass is 16.4. The number of carbonyl (C=O) groups is 1. The number of nitrogens with one attached hydrogen (secondary N) is 1. The molecule has 3 rings (SSSR count). The third-order valence-corrected chi connectivity index (χ3v) is 4.32. The zero-order valence-corrected chi connectivity index (χ0v) is 12.6. The highest BCUT2D eigenvalue weighted by Crippen LogP contribution is 2.35. The predicted molar refractivity (Wildman–Crippen MR) is 85.5 cm³/mol. The number of carboxylic acids is 1. The SMILES string of the molecule is CCC(CO)Nc1c2c(nc3ccc(C(=O)O)cc13)CCC2. The molecule has 0 amide bonds. The Kier molecular flexibility index (Phi) is 3.98. The molecule has 1 aromatic carbocycles. The number of aromatic carboxylic acids is 1. The van der Waals surface area contributed by atoms with Crippen LogP contribution < -0.4 is 5.32 Å². The molecule has 1 heterocycles. The summed E-state index contributed by atoms with van der Waals surface area (Å²) in [5.41, 5.74) is 4.27. The highest BCUT2D eigenvalue weighted by Gasteiger charge is 2.21. The summed E-state index contributed by atoms with van der Waals surface area (Å²) < 4.78 is 0. The van der Waals surface area contributed by atoms with Gasteiger partial charge in [0.1, 0.15) is 0 Å². The van der Waals surface area contributed by atoms with Crippen molar-refractivity contribution in [2.75, 3.05) is 11.9 Å². The standard InChI is InChI=1S/C17H20N2O3/c1-2-11(9-20)18-16-12-4-3-5-14(12)19-15-7-6-10(17(21)22)8-13(15)16/h6-8,11,20H,2-5,9H2,1H3,(H,18,19)(H,21,22). The van der Waals surface area contributed by atoms with Crippen LogP contribution in [0, 0.1) is 0 Å². The van der Waals surface area contributed by atoms with Gasteiger partial charge < -0.3 is 15.5 Å². The lowest BCUT2D eigenvalue weighted by Crippen LogP contribution is -2.23. The number of hydrogen-bond donors (Lipinski definition) is 3. The molecule has 22 heavy (non-hydrogen) atoms. The van der Waals surface area contributed by atoms with Crippen molar-refractivity contribution in [3.05, 3.63) is 35.0 Å². The molecule has 2 aromatic rings. The fourth-order valence-corrected chi connectivity index (χ4v) is 3.04. The van der Waals surface area contributed by atoms with Crippen molar-refractivity contribution in [3.8, 4) is 0 Å². The molecule has 0 aliphatic heterocycles. The number of anilines is 1. The average Bonchev–Trinajstić information content (AvgIpc) is 2.99. The van der Waals surface area contributed by atoms with Gasteiger partial charge in [0, 0.05) is 22.8 Å². The lowest BCUT2D eigenvalue weighted by molar-refractivity contribution is 0.0697. The average molecular weight is 300 g/mol. The van der Waals surface area contributed by atoms with Crippen molar-refractivity contribution in [3.63, 3.8) is 0 Å². The van der Waals surface area contributed by atoms with E-state index in [0.717, 1.165) is 48.0 Å². The van der Waals surface area contributed by atoms with Gasteiger partial charge in [-0.15, -0.1) is 0 Å². The van der Waals surface area contributed by atoms with Crippen LogP contribution in [0.3, 0.4) is 0 Å². The number of benzene rings is 1. The van der Waals surface area contributed by atoms with E-state index in [1.807, 2.05) is 6.92 Å². The largest absolute Gasteiger partial charge is 0.478 e. The van der Waals surface area contributed by atoms with Crippen LogP contribution in [0.4, 0.5) is 5.69 Å². The van der Waals surface area contributed by atoms with E-state index in [4.69, 9.17) is 0 Å². The first-order valence-electron chi connectivity index (χ1n) is 7.70. The predicted octanol–water partition coefficient (Wildman–Crippen LogP) is 2.60. The topological polar surface area (TPSA) is 82.5 Å². The lowest BCUT2D eigenvalue weighted by Gasteiger charge is -2.20. The maximum absolute atomic E-state index is 11.2. The summed E-state index contributed by atoms with van der Waals surface area (Å²) in [7, 11) is 0. The fraction of sp³-hybridized carbons (Fsp3) is 0.412. The molecule has 0 radical (unpaired) electrons. The number of pyridine rings is 1. The molecule has 1 aliphatic rings. The van der Waals surface area contributed by atoms with Gasteiger partial charge in [0.2, 0.25) is 0 Å². The molecule has 1 unspecified atom stereocenters. The molecule has 1 atom stereocenters. The van der Waals surface area contributed by atoms with Crippen molar-refractivity contribution < 1.29 is 15.0 Å². The summed E-state index contributed by atoms with van der Waals surface area (Å²) in [6.07, 6.45) is 3.76. The fourth-order valence-electron chi connectivity index (χ4n) is 3.04. The van der Waals surface area contributed by atoms with Crippen LogP contribution in [0.5, 0.6) is 0 Å². The molecular weight excluding hydrogens is 280 g/mol. The maximum atomic E-state index is 11.2. The lowest BCUT2D eigenvalue weighted by atomic mass is 10.0. The third-order valence-electron chi connectivity index (χ3n) is 4.32. The number of hydrogen-bond acceptors (Lipinski definition) is 4. The molecule has 0 fully saturated rings. The van der Waals surface area contributed by atoms with Crippen LogP contribution in [-0.2, 0) is 12.8 Å². The second-order valence-electron chi connectivity index (χ2n) is 5.73. The molecule has 3 N–H and O–H groups in total. The van der Waals surface area contributed by atoms with Crippen molar-refractivity contribution in [2.24, 2.45) is 0 Å². The maximum Gasteiger partial charge on any atom is 0.335 e. The van der Waals surface area contributed by atoms with Crippen molar-refractivity contribution in [2.45, 2.75) is 38.6 Å². The molecule has 1 aromatic heterocycles. The van der Waals surface area contributed by atoms with E-state index in [2.05, 4.69) is 10.3 Å². The monoisotopic (exact) mass is 300 g/mol. The first-order chi connectivity index (χ1) is 10.6. The first-order valence-corrected chi connectivity index (χ1v) is 7.70. The summed E-state index contributed by atoms with van der Waals surface area (Å²) in [6.45, 7) is 2.06. The highest BCUT2D eigenvalue weighted by molar-refractivity contribution is 5.99. The number of aliphatic hydroxyl groups excluding tert-OH is 1. The molecule has 5 heteroatoms. The molecule has 1 aliphatic carbocycles. The number of nitrogens with zero attached hydrogens (tertiary/aromatic N) is 1. The number of aliphatic hydroxyl groups is 1. The summed E-state index contributed by atoms with van der Waals surface area (Å²) in [5, 5.41) is 22.9. The van der Waals surface area contributed by atoms with Crippen LogP contribution in [0.2, 0.25) is 0 Å². The Morgan fingerprint density at radius 2 is 2.23 bits per heavy atom. The third kappa shape index (κ3) is 2.52. The van der Waals surface area contributed by atoms with E-state index >= 15 is 0 Å². The minimum absolute atomic E-state index is 0.0382. The van der Waals surface area contributed by atoms with Crippen molar-refractivity contribution >= 4 is 22.6 Å². The first kappa shape index (κ1) is 14.8. The molecule has 0 spiro atoms. The Hall–Kier alpha value is -2.14. The van der Waals surface area contributed by atoms with Gasteiger partial charge in [-0.25, -0.2) is 4.79 Å². The quantitative estimate of drug-likeness (QED) is 0.790. The van der Waals surface area contributed by atoms with E-state index in [0.29, 0.717) is 0 Å². The van der Waals surface area contributed by atoms with Gasteiger partial charge >= 0.3 is 5.97 Å². The molecule has 116 valence electrons. The second-order valence-corrected chi connectivity index (χ2v) is 5.73. The minimum Gasteiger partial charge on any atom is -0.478 e. The Labute approximate surface area is 129 Å². The Morgan fingerprint density at radius 3 is 2.91 bits per heavy atom. The van der Waals surface area contributed by atoms with Gasteiger partial charge in [-0.2, -0.15) is 0 Å². The van der Waals surface area contributed by atoms with Gasteiger partial charge in [0.05, 0.1) is 17.7 Å². The zero-order chi connectivity index (χ0) is 15.7. The molecule has 0 saturated carbocycles. The van der Waals surface area contributed by atoms with Gasteiger partial charge in [-0.1, -0.05) is 6.92 Å². The Bertz CT molecular complexity index is 723. The van der Waals surface area contributed by atoms with Gasteiger partial charge in [0.15, 0.2) is 0 Å². The molecule has 0 bridgehead atoms. The van der Waals surface area contributed by atoms with E-state index < -0.39 is 5.97 Å². The number of carboxylic acid groups (broad SMARTS) is 1. The summed E-state index contributed by atoms with van der Waals surface area (Å²) in [4.78, 5) is 15.9. The van der Waals surface area contributed by atoms with E-state index in [1.54, 1.807) is 18.2 Å². The Balaban J connectivity index is 2.20. The van der Waals surface area contributed by atoms with Crippen LogP contribution in [-0.4, -0.2) is 33.8 Å². The van der Waals surface area contributed by atoms with E-state index in [-0.39, 0.29) is 18.2 Å². The second kappa shape index (κ2) is 5.93.